The van der Waals surface area contributed by atoms with Gasteiger partial charge >= 0.3 is 0 Å². The first-order valence-electron chi connectivity index (χ1n) is 7.93. The molecular formula is C15H30N2O. The summed E-state index contributed by atoms with van der Waals surface area (Å²) in [6, 6.07) is 2.08. The standard InChI is InChI=1S/C15H30N2O/c1-3-13-12-18-11-10-17(13)15-9-7-5-6-8-14(15)16-4-2/h13-16H,3-12H2,1-2H3. The Bertz CT molecular complexity index is 235. The molecule has 18 heavy (non-hydrogen) atoms. The van der Waals surface area contributed by atoms with Crippen LogP contribution in [0.3, 0.4) is 0 Å². The quantitative estimate of drug-likeness (QED) is 0.780. The van der Waals surface area contributed by atoms with Crippen LogP contribution >= 0.6 is 0 Å². The highest BCUT2D eigenvalue weighted by Crippen LogP contribution is 2.26. The normalized spacial score (nSPS) is 35.3. The third kappa shape index (κ3) is 3.46. The number of rotatable bonds is 4. The molecule has 2 rings (SSSR count). The first-order chi connectivity index (χ1) is 8.86. The predicted molar refractivity (Wildman–Crippen MR) is 75.9 cm³/mol. The van der Waals surface area contributed by atoms with Crippen molar-refractivity contribution < 1.29 is 4.74 Å². The summed E-state index contributed by atoms with van der Waals surface area (Å²) in [6.45, 7) is 8.62. The van der Waals surface area contributed by atoms with E-state index in [1.54, 1.807) is 0 Å². The molecule has 0 spiro atoms. The fraction of sp³-hybridized carbons (Fsp3) is 1.00. The van der Waals surface area contributed by atoms with Crippen molar-refractivity contribution in [1.82, 2.24) is 10.2 Å². The Kier molecular flexibility index (Phi) is 5.93. The Hall–Kier alpha value is -0.120. The number of nitrogens with zero attached hydrogens (tertiary/aromatic N) is 1. The Morgan fingerprint density at radius 3 is 2.78 bits per heavy atom. The number of nitrogens with one attached hydrogen (secondary N) is 1. The topological polar surface area (TPSA) is 24.5 Å². The van der Waals surface area contributed by atoms with Crippen LogP contribution in [0.25, 0.3) is 0 Å². The number of ether oxygens (including phenoxy) is 1. The molecule has 3 nitrogen and oxygen atoms in total. The second kappa shape index (κ2) is 7.46. The van der Waals surface area contributed by atoms with Crippen LogP contribution in [-0.4, -0.2) is 49.3 Å². The summed E-state index contributed by atoms with van der Waals surface area (Å²) in [5.41, 5.74) is 0. The van der Waals surface area contributed by atoms with E-state index in [9.17, 15) is 0 Å². The molecule has 1 saturated heterocycles. The molecule has 1 saturated carbocycles. The second-order valence-corrected chi connectivity index (χ2v) is 5.74. The molecule has 1 heterocycles. The fourth-order valence-corrected chi connectivity index (χ4v) is 3.64. The van der Waals surface area contributed by atoms with Gasteiger partial charge in [0.15, 0.2) is 0 Å². The zero-order valence-electron chi connectivity index (χ0n) is 12.2. The van der Waals surface area contributed by atoms with Crippen LogP contribution in [0.2, 0.25) is 0 Å². The highest BCUT2D eigenvalue weighted by Gasteiger charge is 2.33. The van der Waals surface area contributed by atoms with E-state index in [4.69, 9.17) is 4.74 Å². The van der Waals surface area contributed by atoms with Gasteiger partial charge in [0.2, 0.25) is 0 Å². The maximum absolute atomic E-state index is 5.66. The van der Waals surface area contributed by atoms with Crippen molar-refractivity contribution in [1.29, 1.82) is 0 Å². The molecule has 3 heteroatoms. The third-order valence-electron chi connectivity index (χ3n) is 4.62. The van der Waals surface area contributed by atoms with Crippen molar-refractivity contribution in [2.75, 3.05) is 26.3 Å². The molecule has 1 N–H and O–H groups in total. The third-order valence-corrected chi connectivity index (χ3v) is 4.62. The molecule has 1 aliphatic carbocycles. The van der Waals surface area contributed by atoms with Gasteiger partial charge in [0.1, 0.15) is 0 Å². The average Bonchev–Trinajstić information content (AvgIpc) is 2.65. The Balaban J connectivity index is 2.04. The SMILES string of the molecule is CCNC1CCCCCC1N1CCOCC1CC. The molecule has 0 aromatic rings. The number of morpholine rings is 1. The van der Waals surface area contributed by atoms with Gasteiger partial charge in [-0.3, -0.25) is 4.90 Å². The van der Waals surface area contributed by atoms with Crippen LogP contribution in [-0.2, 0) is 4.74 Å². The minimum Gasteiger partial charge on any atom is -0.378 e. The smallest absolute Gasteiger partial charge is 0.0622 e. The van der Waals surface area contributed by atoms with Crippen LogP contribution in [0.4, 0.5) is 0 Å². The maximum Gasteiger partial charge on any atom is 0.0622 e. The van der Waals surface area contributed by atoms with Crippen LogP contribution in [0, 0.1) is 0 Å². The van der Waals surface area contributed by atoms with Crippen molar-refractivity contribution in [3.63, 3.8) is 0 Å². The monoisotopic (exact) mass is 254 g/mol. The Labute approximate surface area is 112 Å². The highest BCUT2D eigenvalue weighted by atomic mass is 16.5. The van der Waals surface area contributed by atoms with Crippen molar-refractivity contribution in [3.8, 4) is 0 Å². The van der Waals surface area contributed by atoms with E-state index in [0.717, 1.165) is 32.3 Å². The Morgan fingerprint density at radius 2 is 2.00 bits per heavy atom. The van der Waals surface area contributed by atoms with Gasteiger partial charge in [-0.15, -0.1) is 0 Å². The van der Waals surface area contributed by atoms with Gasteiger partial charge in [-0.05, 0) is 25.8 Å². The van der Waals surface area contributed by atoms with E-state index < -0.39 is 0 Å². The molecule has 0 bridgehead atoms. The minimum absolute atomic E-state index is 0.642. The molecule has 3 unspecified atom stereocenters. The van der Waals surface area contributed by atoms with Crippen molar-refractivity contribution >= 4 is 0 Å². The molecule has 0 radical (unpaired) electrons. The van der Waals surface area contributed by atoms with Crippen molar-refractivity contribution in [3.05, 3.63) is 0 Å². The van der Waals surface area contributed by atoms with E-state index in [0.29, 0.717) is 12.1 Å². The lowest BCUT2D eigenvalue weighted by Gasteiger charge is -2.43. The zero-order chi connectivity index (χ0) is 12.8. The van der Waals surface area contributed by atoms with Gasteiger partial charge in [0, 0.05) is 24.7 Å². The highest BCUT2D eigenvalue weighted by molar-refractivity contribution is 4.90. The van der Waals surface area contributed by atoms with Crippen LogP contribution in [0.1, 0.15) is 52.4 Å². The van der Waals surface area contributed by atoms with E-state index >= 15 is 0 Å². The number of hydrogen-bond donors (Lipinski definition) is 1. The summed E-state index contributed by atoms with van der Waals surface area (Å²) >= 11 is 0. The molecular weight excluding hydrogens is 224 g/mol. The summed E-state index contributed by atoms with van der Waals surface area (Å²) in [7, 11) is 0. The summed E-state index contributed by atoms with van der Waals surface area (Å²) in [5, 5.41) is 3.73. The van der Waals surface area contributed by atoms with Crippen LogP contribution < -0.4 is 5.32 Å². The van der Waals surface area contributed by atoms with E-state index in [2.05, 4.69) is 24.1 Å². The van der Waals surface area contributed by atoms with Gasteiger partial charge in [-0.1, -0.05) is 33.1 Å². The summed E-state index contributed by atoms with van der Waals surface area (Å²) in [5.74, 6) is 0. The lowest BCUT2D eigenvalue weighted by molar-refractivity contribution is -0.0388. The van der Waals surface area contributed by atoms with Gasteiger partial charge in [-0.2, -0.15) is 0 Å². The van der Waals surface area contributed by atoms with Crippen molar-refractivity contribution in [2.45, 2.75) is 70.5 Å². The molecule has 0 aromatic carbocycles. The molecule has 1 aliphatic heterocycles. The zero-order valence-corrected chi connectivity index (χ0v) is 12.2. The molecule has 0 amide bonds. The van der Waals surface area contributed by atoms with Gasteiger partial charge in [0.05, 0.1) is 13.2 Å². The molecule has 106 valence electrons. The maximum atomic E-state index is 5.66. The molecule has 0 aromatic heterocycles. The van der Waals surface area contributed by atoms with Crippen LogP contribution in [0.15, 0.2) is 0 Å². The largest absolute Gasteiger partial charge is 0.378 e. The van der Waals surface area contributed by atoms with Gasteiger partial charge < -0.3 is 10.1 Å². The number of likely N-dealkylation sites (N-methyl/N-ethyl adjacent to an activating group) is 1. The lowest BCUT2D eigenvalue weighted by atomic mass is 9.98. The number of hydrogen-bond acceptors (Lipinski definition) is 3. The lowest BCUT2D eigenvalue weighted by Crippen LogP contribution is -2.57. The van der Waals surface area contributed by atoms with Gasteiger partial charge in [-0.25, -0.2) is 0 Å². The molecule has 3 atom stereocenters. The summed E-state index contributed by atoms with van der Waals surface area (Å²) in [6.07, 6.45) is 8.16. The van der Waals surface area contributed by atoms with E-state index in [1.165, 1.54) is 38.5 Å². The molecule has 2 aliphatic rings. The molecule has 2 fully saturated rings. The first kappa shape index (κ1) is 14.3. The Morgan fingerprint density at radius 1 is 1.17 bits per heavy atom. The summed E-state index contributed by atoms with van der Waals surface area (Å²) < 4.78 is 5.66. The summed E-state index contributed by atoms with van der Waals surface area (Å²) in [4.78, 5) is 2.75. The van der Waals surface area contributed by atoms with E-state index in [-0.39, 0.29) is 0 Å². The van der Waals surface area contributed by atoms with Gasteiger partial charge in [0.25, 0.3) is 0 Å². The second-order valence-electron chi connectivity index (χ2n) is 5.74. The van der Waals surface area contributed by atoms with Crippen molar-refractivity contribution in [2.24, 2.45) is 0 Å². The minimum atomic E-state index is 0.642. The first-order valence-corrected chi connectivity index (χ1v) is 7.93. The predicted octanol–water partition coefficient (Wildman–Crippen LogP) is 2.41. The van der Waals surface area contributed by atoms with Crippen LogP contribution in [0.5, 0.6) is 0 Å². The van der Waals surface area contributed by atoms with E-state index in [1.807, 2.05) is 0 Å². The average molecular weight is 254 g/mol. The fourth-order valence-electron chi connectivity index (χ4n) is 3.64.